The normalized spacial score (nSPS) is 12.6. The van der Waals surface area contributed by atoms with Crippen LogP contribution >= 0.6 is 0 Å². The van der Waals surface area contributed by atoms with Crippen LogP contribution in [0.3, 0.4) is 0 Å². The molecule has 0 heterocycles. The summed E-state index contributed by atoms with van der Waals surface area (Å²) in [6.07, 6.45) is 1.47. The third-order valence-corrected chi connectivity index (χ3v) is 5.18. The van der Waals surface area contributed by atoms with E-state index in [9.17, 15) is 18.5 Å². The fourth-order valence-electron chi connectivity index (χ4n) is 1.95. The van der Waals surface area contributed by atoms with Crippen LogP contribution in [0, 0.1) is 15.5 Å². The van der Waals surface area contributed by atoms with Crippen LogP contribution in [0.25, 0.3) is 0 Å². The van der Waals surface area contributed by atoms with E-state index in [0.717, 1.165) is 12.8 Å². The average molecular weight is 328 g/mol. The zero-order valence-electron chi connectivity index (χ0n) is 13.6. The largest absolute Gasteiger partial charge is 0.269 e. The Morgan fingerprint density at radius 2 is 1.68 bits per heavy atom. The van der Waals surface area contributed by atoms with Crippen LogP contribution in [0.4, 0.5) is 5.69 Å². The average Bonchev–Trinajstić information content (AvgIpc) is 2.42. The highest BCUT2D eigenvalue weighted by Gasteiger charge is 2.25. The summed E-state index contributed by atoms with van der Waals surface area (Å²) in [5.41, 5.74) is -0.0764. The van der Waals surface area contributed by atoms with Crippen LogP contribution < -0.4 is 0 Å². The number of hydrogen-bond acceptors (Lipinski definition) is 4. The van der Waals surface area contributed by atoms with E-state index in [4.69, 9.17) is 0 Å². The minimum Gasteiger partial charge on any atom is -0.258 e. The Morgan fingerprint density at radius 3 is 2.09 bits per heavy atom. The standard InChI is InChI=1S/C15H24N2O4S/c1-5-11-16(12-10-15(2,3)4)22(20,21)14-8-6-13(7-9-14)17(18)19/h6-9H,5,10-12H2,1-4H3. The van der Waals surface area contributed by atoms with Gasteiger partial charge in [0, 0.05) is 25.2 Å². The van der Waals surface area contributed by atoms with Gasteiger partial charge in [-0.3, -0.25) is 10.1 Å². The van der Waals surface area contributed by atoms with Crippen molar-refractivity contribution in [1.82, 2.24) is 4.31 Å². The predicted octanol–water partition coefficient (Wildman–Crippen LogP) is 3.43. The Bertz CT molecular complexity index is 603. The van der Waals surface area contributed by atoms with Gasteiger partial charge in [-0.05, 0) is 30.4 Å². The van der Waals surface area contributed by atoms with Gasteiger partial charge in [0.2, 0.25) is 10.0 Å². The first-order valence-electron chi connectivity index (χ1n) is 7.32. The highest BCUT2D eigenvalue weighted by molar-refractivity contribution is 7.89. The first-order valence-corrected chi connectivity index (χ1v) is 8.76. The van der Waals surface area contributed by atoms with Crippen molar-refractivity contribution in [3.8, 4) is 0 Å². The Balaban J connectivity index is 3.02. The van der Waals surface area contributed by atoms with Gasteiger partial charge in [0.1, 0.15) is 0 Å². The number of nitro benzene ring substituents is 1. The number of benzene rings is 1. The molecule has 22 heavy (non-hydrogen) atoms. The van der Waals surface area contributed by atoms with Gasteiger partial charge in [-0.15, -0.1) is 0 Å². The lowest BCUT2D eigenvalue weighted by atomic mass is 9.92. The molecule has 0 aliphatic heterocycles. The van der Waals surface area contributed by atoms with Crippen LogP contribution in [-0.4, -0.2) is 30.7 Å². The van der Waals surface area contributed by atoms with Crippen molar-refractivity contribution in [2.75, 3.05) is 13.1 Å². The van der Waals surface area contributed by atoms with Crippen molar-refractivity contribution >= 4 is 15.7 Å². The van der Waals surface area contributed by atoms with E-state index < -0.39 is 14.9 Å². The molecule has 0 radical (unpaired) electrons. The van der Waals surface area contributed by atoms with Gasteiger partial charge in [0.05, 0.1) is 9.82 Å². The molecule has 0 aliphatic rings. The number of nitrogens with zero attached hydrogens (tertiary/aromatic N) is 2. The van der Waals surface area contributed by atoms with Gasteiger partial charge in [0.15, 0.2) is 0 Å². The number of nitro groups is 1. The summed E-state index contributed by atoms with van der Waals surface area (Å²) in [6.45, 7) is 9.00. The summed E-state index contributed by atoms with van der Waals surface area (Å²) in [7, 11) is -3.62. The van der Waals surface area contributed by atoms with Crippen LogP contribution in [0.2, 0.25) is 0 Å². The highest BCUT2D eigenvalue weighted by Crippen LogP contribution is 2.24. The van der Waals surface area contributed by atoms with Crippen molar-refractivity contribution in [3.05, 3.63) is 34.4 Å². The van der Waals surface area contributed by atoms with Crippen molar-refractivity contribution in [3.63, 3.8) is 0 Å². The fraction of sp³-hybridized carbons (Fsp3) is 0.600. The maximum atomic E-state index is 12.7. The van der Waals surface area contributed by atoms with Crippen molar-refractivity contribution < 1.29 is 13.3 Å². The summed E-state index contributed by atoms with van der Waals surface area (Å²) in [5, 5.41) is 10.7. The fourth-order valence-corrected chi connectivity index (χ4v) is 3.48. The van der Waals surface area contributed by atoms with E-state index in [2.05, 4.69) is 20.8 Å². The first-order chi connectivity index (χ1) is 10.1. The third-order valence-electron chi connectivity index (χ3n) is 3.27. The molecule has 0 aliphatic carbocycles. The Morgan fingerprint density at radius 1 is 1.14 bits per heavy atom. The van der Waals surface area contributed by atoms with Gasteiger partial charge in [-0.1, -0.05) is 27.7 Å². The van der Waals surface area contributed by atoms with Crippen LogP contribution in [0.5, 0.6) is 0 Å². The summed E-state index contributed by atoms with van der Waals surface area (Å²) in [5.74, 6) is 0. The summed E-state index contributed by atoms with van der Waals surface area (Å²) in [6, 6.07) is 5.04. The van der Waals surface area contributed by atoms with Gasteiger partial charge in [-0.25, -0.2) is 8.42 Å². The molecule has 0 amide bonds. The lowest BCUT2D eigenvalue weighted by molar-refractivity contribution is -0.384. The molecule has 0 fully saturated rings. The predicted molar refractivity (Wildman–Crippen MR) is 86.2 cm³/mol. The molecular weight excluding hydrogens is 304 g/mol. The molecule has 0 aromatic heterocycles. The van der Waals surface area contributed by atoms with Crippen molar-refractivity contribution in [2.45, 2.75) is 45.4 Å². The molecule has 1 aromatic rings. The Labute approximate surface area is 132 Å². The van der Waals surface area contributed by atoms with Crippen LogP contribution in [-0.2, 0) is 10.0 Å². The maximum absolute atomic E-state index is 12.7. The monoisotopic (exact) mass is 328 g/mol. The molecule has 7 heteroatoms. The van der Waals surface area contributed by atoms with Crippen LogP contribution in [0.15, 0.2) is 29.2 Å². The summed E-state index contributed by atoms with van der Waals surface area (Å²) >= 11 is 0. The van der Waals surface area contributed by atoms with Crippen molar-refractivity contribution in [2.24, 2.45) is 5.41 Å². The highest BCUT2D eigenvalue weighted by atomic mass is 32.2. The van der Waals surface area contributed by atoms with E-state index in [-0.39, 0.29) is 16.0 Å². The second-order valence-corrected chi connectivity index (χ2v) is 8.40. The molecule has 0 bridgehead atoms. The van der Waals surface area contributed by atoms with Crippen LogP contribution in [0.1, 0.15) is 40.5 Å². The molecule has 0 spiro atoms. The topological polar surface area (TPSA) is 80.5 Å². The molecular formula is C15H24N2O4S. The third kappa shape index (κ3) is 5.06. The number of non-ortho nitro benzene ring substituents is 1. The SMILES string of the molecule is CCCN(CCC(C)(C)C)S(=O)(=O)c1ccc([N+](=O)[O-])cc1. The molecule has 1 rings (SSSR count). The molecule has 0 unspecified atom stereocenters. The minimum atomic E-state index is -3.62. The molecule has 6 nitrogen and oxygen atoms in total. The van der Waals surface area contributed by atoms with Gasteiger partial charge in [0.25, 0.3) is 5.69 Å². The van der Waals surface area contributed by atoms with E-state index in [1.165, 1.54) is 28.6 Å². The van der Waals surface area contributed by atoms with E-state index in [1.54, 1.807) is 0 Å². The van der Waals surface area contributed by atoms with Gasteiger partial charge in [-0.2, -0.15) is 4.31 Å². The summed E-state index contributed by atoms with van der Waals surface area (Å²) < 4.78 is 26.8. The zero-order chi connectivity index (χ0) is 17.0. The van der Waals surface area contributed by atoms with E-state index in [0.29, 0.717) is 13.1 Å². The van der Waals surface area contributed by atoms with Gasteiger partial charge < -0.3 is 0 Å². The quantitative estimate of drug-likeness (QED) is 0.567. The van der Waals surface area contributed by atoms with E-state index in [1.807, 2.05) is 6.92 Å². The molecule has 0 atom stereocenters. The first kappa shape index (κ1) is 18.6. The maximum Gasteiger partial charge on any atom is 0.269 e. The lowest BCUT2D eigenvalue weighted by Crippen LogP contribution is -2.34. The van der Waals surface area contributed by atoms with Crippen molar-refractivity contribution in [1.29, 1.82) is 0 Å². The second kappa shape index (κ2) is 7.19. The lowest BCUT2D eigenvalue weighted by Gasteiger charge is -2.26. The molecule has 0 saturated carbocycles. The zero-order valence-corrected chi connectivity index (χ0v) is 14.4. The minimum absolute atomic E-state index is 0.0387. The summed E-state index contributed by atoms with van der Waals surface area (Å²) in [4.78, 5) is 10.2. The number of hydrogen-bond donors (Lipinski definition) is 0. The Hall–Kier alpha value is -1.47. The van der Waals surface area contributed by atoms with E-state index >= 15 is 0 Å². The smallest absolute Gasteiger partial charge is 0.258 e. The Kier molecular flexibility index (Phi) is 6.08. The molecule has 0 N–H and O–H groups in total. The number of sulfonamides is 1. The molecule has 0 saturated heterocycles. The molecule has 1 aromatic carbocycles. The van der Waals surface area contributed by atoms with Gasteiger partial charge >= 0.3 is 0 Å². The number of rotatable bonds is 7. The molecule has 124 valence electrons. The second-order valence-electron chi connectivity index (χ2n) is 6.47.